The number of carboxylic acid groups (broad SMARTS) is 2. The summed E-state index contributed by atoms with van der Waals surface area (Å²) in [4.78, 5) is 49.6. The zero-order chi connectivity index (χ0) is 21.1. The number of hydrogen-bond acceptors (Lipinski definition) is 7. The molecule has 0 unspecified atom stereocenters. The van der Waals surface area contributed by atoms with Gasteiger partial charge in [-0.2, -0.15) is 0 Å². The van der Waals surface area contributed by atoms with Crippen molar-refractivity contribution in [3.8, 4) is 0 Å². The smallest absolute Gasteiger partial charge is 0.335 e. The summed E-state index contributed by atoms with van der Waals surface area (Å²) in [5.41, 5.74) is -0.582. The minimum absolute atomic E-state index is 0.00753. The predicted molar refractivity (Wildman–Crippen MR) is 113 cm³/mol. The first kappa shape index (κ1) is 20.7. The number of nitrogens with one attached hydrogen (secondary N) is 1. The summed E-state index contributed by atoms with van der Waals surface area (Å²) in [6.07, 6.45) is 1.69. The van der Waals surface area contributed by atoms with Crippen LogP contribution in [0.3, 0.4) is 0 Å². The van der Waals surface area contributed by atoms with Crippen molar-refractivity contribution >= 4 is 75.2 Å². The number of hydrogen-bond donors (Lipinski definition) is 3. The second-order valence-corrected chi connectivity index (χ2v) is 8.40. The van der Waals surface area contributed by atoms with E-state index in [4.69, 9.17) is 22.4 Å². The molecule has 0 radical (unpaired) electrons. The molecule has 1 aromatic heterocycles. The molecule has 8 nitrogen and oxygen atoms in total. The van der Waals surface area contributed by atoms with Crippen LogP contribution in [-0.4, -0.2) is 49.7 Å². The minimum Gasteiger partial charge on any atom is -0.478 e. The molecule has 0 saturated carbocycles. The zero-order valence-electron chi connectivity index (χ0n) is 14.4. The molecule has 0 bridgehead atoms. The van der Waals surface area contributed by atoms with Gasteiger partial charge in [0.1, 0.15) is 10.9 Å². The van der Waals surface area contributed by atoms with Gasteiger partial charge in [-0.25, -0.2) is 9.59 Å². The molecule has 2 aromatic rings. The highest BCUT2D eigenvalue weighted by atomic mass is 32.2. The lowest BCUT2D eigenvalue weighted by Crippen LogP contribution is -2.36. The lowest BCUT2D eigenvalue weighted by Gasteiger charge is -2.14. The van der Waals surface area contributed by atoms with Crippen molar-refractivity contribution in [2.24, 2.45) is 0 Å². The van der Waals surface area contributed by atoms with E-state index in [9.17, 15) is 19.2 Å². The van der Waals surface area contributed by atoms with Crippen LogP contribution in [0.4, 0.5) is 5.69 Å². The molecule has 1 saturated heterocycles. The van der Waals surface area contributed by atoms with Crippen LogP contribution in [0.1, 0.15) is 25.6 Å². The van der Waals surface area contributed by atoms with Crippen molar-refractivity contribution in [3.05, 3.63) is 56.6 Å². The highest BCUT2D eigenvalue weighted by molar-refractivity contribution is 8.26. The Hall–Kier alpha value is -3.02. The van der Waals surface area contributed by atoms with Crippen LogP contribution in [0.5, 0.6) is 0 Å². The third-order valence-corrected chi connectivity index (χ3v) is 5.90. The van der Waals surface area contributed by atoms with Gasteiger partial charge in [-0.05, 0) is 35.7 Å². The van der Waals surface area contributed by atoms with Crippen molar-refractivity contribution in [1.82, 2.24) is 4.90 Å². The van der Waals surface area contributed by atoms with Gasteiger partial charge in [0.05, 0.1) is 16.0 Å². The van der Waals surface area contributed by atoms with Gasteiger partial charge in [0.2, 0.25) is 5.91 Å². The van der Waals surface area contributed by atoms with E-state index in [-0.39, 0.29) is 27.7 Å². The van der Waals surface area contributed by atoms with E-state index >= 15 is 0 Å². The van der Waals surface area contributed by atoms with Crippen LogP contribution in [0.25, 0.3) is 6.08 Å². The highest BCUT2D eigenvalue weighted by Gasteiger charge is 2.33. The van der Waals surface area contributed by atoms with Crippen molar-refractivity contribution < 1.29 is 29.4 Å². The second kappa shape index (κ2) is 8.55. The van der Waals surface area contributed by atoms with E-state index in [2.05, 4.69) is 5.32 Å². The molecule has 148 valence electrons. The van der Waals surface area contributed by atoms with Gasteiger partial charge in [0.25, 0.3) is 5.91 Å². The molecule has 11 heteroatoms. The first-order valence-electron chi connectivity index (χ1n) is 7.95. The van der Waals surface area contributed by atoms with Crippen LogP contribution in [-0.2, 0) is 9.59 Å². The van der Waals surface area contributed by atoms with Crippen LogP contribution in [0, 0.1) is 0 Å². The second-order valence-electron chi connectivity index (χ2n) is 5.74. The highest BCUT2D eigenvalue weighted by Crippen LogP contribution is 2.33. The third-order valence-electron chi connectivity index (χ3n) is 3.70. The fourth-order valence-corrected chi connectivity index (χ4v) is 4.41. The lowest BCUT2D eigenvalue weighted by atomic mass is 10.1. The van der Waals surface area contributed by atoms with Crippen molar-refractivity contribution in [1.29, 1.82) is 0 Å². The summed E-state index contributed by atoms with van der Waals surface area (Å²) in [5.74, 6) is -3.72. The molecule has 0 atom stereocenters. The Balaban J connectivity index is 1.74. The SMILES string of the molecule is O=C(CN1C(=O)/C(=C/c2cccs2)SC1=S)Nc1cc(C(=O)O)cc(C(=O)O)c1. The van der Waals surface area contributed by atoms with E-state index < -0.39 is 23.8 Å². The molecule has 2 amide bonds. The minimum atomic E-state index is -1.33. The Kier molecular flexibility index (Phi) is 6.11. The molecule has 3 N–H and O–H groups in total. The van der Waals surface area contributed by atoms with Gasteiger partial charge < -0.3 is 15.5 Å². The maximum Gasteiger partial charge on any atom is 0.335 e. The van der Waals surface area contributed by atoms with Gasteiger partial charge in [-0.3, -0.25) is 14.5 Å². The molecular formula is C18H12N2O6S3. The molecule has 2 heterocycles. The average molecular weight is 449 g/mol. The predicted octanol–water partition coefficient (Wildman–Crippen LogP) is 2.98. The van der Waals surface area contributed by atoms with Gasteiger partial charge in [-0.15, -0.1) is 11.3 Å². The van der Waals surface area contributed by atoms with Crippen LogP contribution < -0.4 is 5.32 Å². The average Bonchev–Trinajstić information content (AvgIpc) is 3.25. The fourth-order valence-electron chi connectivity index (χ4n) is 2.43. The van der Waals surface area contributed by atoms with Crippen molar-refractivity contribution in [3.63, 3.8) is 0 Å². The van der Waals surface area contributed by atoms with Crippen LogP contribution >= 0.6 is 35.3 Å². The maximum atomic E-state index is 12.5. The number of aromatic carboxylic acids is 2. The number of carbonyl (C=O) groups excluding carboxylic acids is 2. The number of thiocarbonyl (C=S) groups is 1. The number of anilines is 1. The molecule has 0 spiro atoms. The molecule has 1 aromatic carbocycles. The van der Waals surface area contributed by atoms with Gasteiger partial charge in [-0.1, -0.05) is 30.0 Å². The number of rotatable bonds is 6. The third kappa shape index (κ3) is 4.88. The Labute approximate surface area is 177 Å². The lowest BCUT2D eigenvalue weighted by molar-refractivity contribution is -0.126. The van der Waals surface area contributed by atoms with Crippen LogP contribution in [0.15, 0.2) is 40.6 Å². The zero-order valence-corrected chi connectivity index (χ0v) is 16.9. The van der Waals surface area contributed by atoms with E-state index in [0.717, 1.165) is 39.7 Å². The van der Waals surface area contributed by atoms with Crippen molar-refractivity contribution in [2.75, 3.05) is 11.9 Å². The number of amides is 2. The molecule has 1 aliphatic rings. The summed E-state index contributed by atoms with van der Waals surface area (Å²) in [6, 6.07) is 6.94. The number of carbonyl (C=O) groups is 4. The largest absolute Gasteiger partial charge is 0.478 e. The molecule has 29 heavy (non-hydrogen) atoms. The first-order chi connectivity index (χ1) is 13.7. The summed E-state index contributed by atoms with van der Waals surface area (Å²) in [6.45, 7) is -0.383. The quantitative estimate of drug-likeness (QED) is 0.455. The van der Waals surface area contributed by atoms with E-state index in [0.29, 0.717) is 4.91 Å². The Bertz CT molecular complexity index is 1030. The molecule has 1 aliphatic heterocycles. The number of thioether (sulfide) groups is 1. The van der Waals surface area contributed by atoms with Gasteiger partial charge in [0.15, 0.2) is 0 Å². The Morgan fingerprint density at radius 2 is 1.79 bits per heavy atom. The van der Waals surface area contributed by atoms with Gasteiger partial charge in [0, 0.05) is 10.6 Å². The Morgan fingerprint density at radius 3 is 2.34 bits per heavy atom. The van der Waals surface area contributed by atoms with Crippen LogP contribution in [0.2, 0.25) is 0 Å². The summed E-state index contributed by atoms with van der Waals surface area (Å²) < 4.78 is 0.221. The van der Waals surface area contributed by atoms with Crippen molar-refractivity contribution in [2.45, 2.75) is 0 Å². The van der Waals surface area contributed by atoms with E-state index in [1.54, 1.807) is 6.08 Å². The maximum absolute atomic E-state index is 12.5. The monoisotopic (exact) mass is 448 g/mol. The summed E-state index contributed by atoms with van der Waals surface area (Å²) in [7, 11) is 0. The Morgan fingerprint density at radius 1 is 1.14 bits per heavy atom. The standard InChI is InChI=1S/C18H12N2O6S3/c21-14(19-11-5-9(16(23)24)4-10(6-11)17(25)26)8-20-15(22)13(29-18(20)27)7-12-2-1-3-28-12/h1-7H,8H2,(H,19,21)(H,23,24)(H,25,26)/b13-7-. The number of carboxylic acids is 2. The van der Waals surface area contributed by atoms with E-state index in [1.165, 1.54) is 11.3 Å². The fraction of sp³-hybridized carbons (Fsp3) is 0.0556. The number of thiophene rings is 1. The molecular weight excluding hydrogens is 436 g/mol. The number of benzene rings is 1. The van der Waals surface area contributed by atoms with E-state index in [1.807, 2.05) is 17.5 Å². The molecule has 0 aliphatic carbocycles. The van der Waals surface area contributed by atoms with Gasteiger partial charge >= 0.3 is 11.9 Å². The summed E-state index contributed by atoms with van der Waals surface area (Å²) >= 11 is 7.72. The topological polar surface area (TPSA) is 124 Å². The normalized spacial score (nSPS) is 15.0. The summed E-state index contributed by atoms with van der Waals surface area (Å²) in [5, 5.41) is 22.5. The molecule has 1 fully saturated rings. The first-order valence-corrected chi connectivity index (χ1v) is 10.1. The molecule has 3 rings (SSSR count). The number of nitrogens with zero attached hydrogens (tertiary/aromatic N) is 1.